The number of hydrogen-bond donors (Lipinski definition) is 0. The predicted molar refractivity (Wildman–Crippen MR) is 77.5 cm³/mol. The van der Waals surface area contributed by atoms with Gasteiger partial charge in [-0.2, -0.15) is 4.98 Å². The van der Waals surface area contributed by atoms with E-state index in [1.807, 2.05) is 11.6 Å². The van der Waals surface area contributed by atoms with Crippen molar-refractivity contribution in [2.24, 2.45) is 0 Å². The molecule has 1 saturated heterocycles. The monoisotopic (exact) mass is 292 g/mol. The van der Waals surface area contributed by atoms with E-state index in [-0.39, 0.29) is 5.92 Å². The van der Waals surface area contributed by atoms with Gasteiger partial charge in [-0.25, -0.2) is 4.98 Å². The van der Waals surface area contributed by atoms with Gasteiger partial charge >= 0.3 is 0 Å². The molecule has 0 bridgehead atoms. The topological polar surface area (TPSA) is 55.1 Å². The van der Waals surface area contributed by atoms with E-state index < -0.39 is 0 Å². The third-order valence-corrected chi connectivity index (χ3v) is 4.55. The number of hydrogen-bond acceptors (Lipinski definition) is 6. The van der Waals surface area contributed by atoms with Crippen molar-refractivity contribution in [3.8, 4) is 0 Å². The van der Waals surface area contributed by atoms with Gasteiger partial charge < -0.3 is 4.52 Å². The minimum absolute atomic E-state index is 0.285. The van der Waals surface area contributed by atoms with Gasteiger partial charge in [0.15, 0.2) is 5.82 Å². The lowest BCUT2D eigenvalue weighted by Gasteiger charge is -2.33. The molecule has 0 N–H and O–H groups in total. The molecule has 1 atom stereocenters. The summed E-state index contributed by atoms with van der Waals surface area (Å²) in [5.41, 5.74) is 0. The van der Waals surface area contributed by atoms with Crippen LogP contribution in [-0.4, -0.2) is 26.6 Å². The lowest BCUT2D eigenvalue weighted by atomic mass is 10.0. The van der Waals surface area contributed by atoms with Crippen LogP contribution in [0.1, 0.15) is 61.8 Å². The van der Waals surface area contributed by atoms with Gasteiger partial charge in [0.2, 0.25) is 5.89 Å². The third kappa shape index (κ3) is 2.91. The quantitative estimate of drug-likeness (QED) is 0.864. The maximum Gasteiger partial charge on any atom is 0.229 e. The first kappa shape index (κ1) is 13.7. The van der Waals surface area contributed by atoms with E-state index in [0.717, 1.165) is 24.8 Å². The Hall–Kier alpha value is -1.27. The molecule has 6 heteroatoms. The molecule has 1 fully saturated rings. The van der Waals surface area contributed by atoms with E-state index in [0.29, 0.717) is 6.04 Å². The molecule has 0 aliphatic carbocycles. The molecule has 0 aromatic carbocycles. The van der Waals surface area contributed by atoms with Gasteiger partial charge in [-0.15, -0.1) is 11.3 Å². The molecule has 1 aliphatic rings. The molecule has 20 heavy (non-hydrogen) atoms. The minimum atomic E-state index is 0.285. The van der Waals surface area contributed by atoms with Crippen molar-refractivity contribution in [3.63, 3.8) is 0 Å². The molecular weight excluding hydrogens is 272 g/mol. The minimum Gasteiger partial charge on any atom is -0.339 e. The molecule has 1 aliphatic heterocycles. The first-order valence-electron chi connectivity index (χ1n) is 7.20. The van der Waals surface area contributed by atoms with Gasteiger partial charge in [-0.3, -0.25) is 4.90 Å². The molecule has 3 heterocycles. The highest BCUT2D eigenvalue weighted by atomic mass is 32.1. The van der Waals surface area contributed by atoms with Crippen LogP contribution in [0.4, 0.5) is 0 Å². The SMILES string of the molecule is CC(C)c1nc(CN2CCCCC2c2nccs2)no1. The van der Waals surface area contributed by atoms with Crippen LogP contribution in [-0.2, 0) is 6.54 Å². The average molecular weight is 292 g/mol. The fourth-order valence-corrected chi connectivity index (χ4v) is 3.41. The van der Waals surface area contributed by atoms with Gasteiger partial charge in [0.05, 0.1) is 12.6 Å². The van der Waals surface area contributed by atoms with Crippen LogP contribution >= 0.6 is 11.3 Å². The Morgan fingerprint density at radius 2 is 2.35 bits per heavy atom. The van der Waals surface area contributed by atoms with Gasteiger partial charge in [0.1, 0.15) is 5.01 Å². The van der Waals surface area contributed by atoms with E-state index in [1.165, 1.54) is 24.3 Å². The van der Waals surface area contributed by atoms with E-state index in [9.17, 15) is 0 Å². The molecule has 0 amide bonds. The van der Waals surface area contributed by atoms with Gasteiger partial charge in [-0.05, 0) is 19.4 Å². The molecule has 0 saturated carbocycles. The van der Waals surface area contributed by atoms with Crippen LogP contribution in [0.25, 0.3) is 0 Å². The first-order valence-corrected chi connectivity index (χ1v) is 8.08. The summed E-state index contributed by atoms with van der Waals surface area (Å²) in [6, 6.07) is 0.407. The van der Waals surface area contributed by atoms with Crippen LogP contribution in [0, 0.1) is 0 Å². The standard InChI is InChI=1S/C14H20N4OS/c1-10(2)13-16-12(17-19-13)9-18-7-4-3-5-11(18)14-15-6-8-20-14/h6,8,10-11H,3-5,7,9H2,1-2H3. The van der Waals surface area contributed by atoms with Crippen LogP contribution in [0.3, 0.4) is 0 Å². The van der Waals surface area contributed by atoms with Gasteiger partial charge in [-0.1, -0.05) is 25.4 Å². The smallest absolute Gasteiger partial charge is 0.229 e. The van der Waals surface area contributed by atoms with E-state index in [4.69, 9.17) is 4.52 Å². The molecule has 2 aromatic heterocycles. The van der Waals surface area contributed by atoms with Crippen molar-refractivity contribution in [1.82, 2.24) is 20.0 Å². The molecule has 5 nitrogen and oxygen atoms in total. The highest BCUT2D eigenvalue weighted by Gasteiger charge is 2.27. The molecule has 0 radical (unpaired) electrons. The van der Waals surface area contributed by atoms with Crippen LogP contribution in [0.15, 0.2) is 16.1 Å². The van der Waals surface area contributed by atoms with Crippen molar-refractivity contribution < 1.29 is 4.52 Å². The second kappa shape index (κ2) is 6.01. The van der Waals surface area contributed by atoms with Crippen molar-refractivity contribution in [2.75, 3.05) is 6.54 Å². The number of rotatable bonds is 4. The lowest BCUT2D eigenvalue weighted by Crippen LogP contribution is -2.33. The lowest BCUT2D eigenvalue weighted by molar-refractivity contribution is 0.135. The molecule has 3 rings (SSSR count). The average Bonchev–Trinajstić information content (AvgIpc) is 3.10. The summed E-state index contributed by atoms with van der Waals surface area (Å²) in [6.45, 7) is 5.96. The Balaban J connectivity index is 1.73. The van der Waals surface area contributed by atoms with Gasteiger partial charge in [0.25, 0.3) is 0 Å². The zero-order valence-corrected chi connectivity index (χ0v) is 12.8. The predicted octanol–water partition coefficient (Wildman–Crippen LogP) is 3.38. The number of likely N-dealkylation sites (tertiary alicyclic amines) is 1. The fourth-order valence-electron chi connectivity index (χ4n) is 2.61. The number of thiazole rings is 1. The Labute approximate surface area is 123 Å². The van der Waals surface area contributed by atoms with Crippen molar-refractivity contribution in [2.45, 2.75) is 51.6 Å². The number of piperidine rings is 1. The zero-order valence-electron chi connectivity index (χ0n) is 12.0. The summed E-state index contributed by atoms with van der Waals surface area (Å²) in [7, 11) is 0. The van der Waals surface area contributed by atoms with Crippen molar-refractivity contribution in [1.29, 1.82) is 0 Å². The van der Waals surface area contributed by atoms with Crippen LogP contribution < -0.4 is 0 Å². The van der Waals surface area contributed by atoms with Crippen molar-refractivity contribution >= 4 is 11.3 Å². The van der Waals surface area contributed by atoms with E-state index in [1.54, 1.807) is 11.3 Å². The zero-order chi connectivity index (χ0) is 13.9. The van der Waals surface area contributed by atoms with Crippen LogP contribution in [0.5, 0.6) is 0 Å². The summed E-state index contributed by atoms with van der Waals surface area (Å²) in [5.74, 6) is 1.80. The largest absolute Gasteiger partial charge is 0.339 e. The normalized spacial score (nSPS) is 20.6. The Morgan fingerprint density at radius 3 is 3.05 bits per heavy atom. The Kier molecular flexibility index (Phi) is 4.12. The Bertz CT molecular complexity index is 537. The van der Waals surface area contributed by atoms with Gasteiger partial charge in [0, 0.05) is 17.5 Å². The highest BCUT2D eigenvalue weighted by molar-refractivity contribution is 7.09. The molecule has 1 unspecified atom stereocenters. The van der Waals surface area contributed by atoms with E-state index >= 15 is 0 Å². The summed E-state index contributed by atoms with van der Waals surface area (Å²) in [5, 5.41) is 7.36. The summed E-state index contributed by atoms with van der Waals surface area (Å²) in [4.78, 5) is 11.4. The van der Waals surface area contributed by atoms with E-state index in [2.05, 4.69) is 33.9 Å². The molecule has 108 valence electrons. The second-order valence-electron chi connectivity index (χ2n) is 5.56. The summed E-state index contributed by atoms with van der Waals surface area (Å²) < 4.78 is 5.29. The molecule has 0 spiro atoms. The number of aromatic nitrogens is 3. The molecule has 2 aromatic rings. The Morgan fingerprint density at radius 1 is 1.45 bits per heavy atom. The first-order chi connectivity index (χ1) is 9.74. The highest BCUT2D eigenvalue weighted by Crippen LogP contribution is 2.32. The second-order valence-corrected chi connectivity index (χ2v) is 6.48. The maximum absolute atomic E-state index is 5.29. The summed E-state index contributed by atoms with van der Waals surface area (Å²) in [6.07, 6.45) is 5.56. The third-order valence-electron chi connectivity index (χ3n) is 3.67. The summed E-state index contributed by atoms with van der Waals surface area (Å²) >= 11 is 1.74. The molecular formula is C14H20N4OS. The number of nitrogens with zero attached hydrogens (tertiary/aromatic N) is 4. The van der Waals surface area contributed by atoms with Crippen LogP contribution in [0.2, 0.25) is 0 Å². The van der Waals surface area contributed by atoms with Crippen molar-refractivity contribution in [3.05, 3.63) is 28.3 Å². The fraction of sp³-hybridized carbons (Fsp3) is 0.643. The maximum atomic E-state index is 5.29.